The van der Waals surface area contributed by atoms with Gasteiger partial charge in [-0.25, -0.2) is 0 Å². The van der Waals surface area contributed by atoms with E-state index < -0.39 is 5.97 Å². The van der Waals surface area contributed by atoms with Crippen molar-refractivity contribution in [3.63, 3.8) is 0 Å². The largest absolute Gasteiger partial charge is 0.490 e. The first-order valence-corrected chi connectivity index (χ1v) is 13.6. The molecule has 3 aliphatic rings. The van der Waals surface area contributed by atoms with Gasteiger partial charge in [0.15, 0.2) is 0 Å². The first kappa shape index (κ1) is 24.6. The SMILES string of the molecule is CCC(C)(C)C1CCC(Oc2ccc(C3CCCC(N4CCC(C(=O)O)CC4)C3)cc2)CC1. The second kappa shape index (κ2) is 10.8. The van der Waals surface area contributed by atoms with Gasteiger partial charge in [-0.1, -0.05) is 45.7 Å². The molecular weight excluding hydrogens is 410 g/mol. The maximum absolute atomic E-state index is 11.3. The first-order chi connectivity index (χ1) is 15.9. The molecule has 2 saturated carbocycles. The molecule has 1 aromatic carbocycles. The summed E-state index contributed by atoms with van der Waals surface area (Å²) < 4.78 is 6.38. The van der Waals surface area contributed by atoms with Crippen LogP contribution >= 0.6 is 0 Å². The molecule has 3 fully saturated rings. The fourth-order valence-electron chi connectivity index (χ4n) is 6.57. The summed E-state index contributed by atoms with van der Waals surface area (Å²) in [7, 11) is 0. The predicted molar refractivity (Wildman–Crippen MR) is 134 cm³/mol. The highest BCUT2D eigenvalue weighted by atomic mass is 16.5. The van der Waals surface area contributed by atoms with Crippen LogP contribution in [0.1, 0.15) is 103 Å². The minimum Gasteiger partial charge on any atom is -0.490 e. The van der Waals surface area contributed by atoms with Gasteiger partial charge in [-0.2, -0.15) is 0 Å². The number of benzene rings is 1. The number of aliphatic carboxylic acids is 1. The predicted octanol–water partition coefficient (Wildman–Crippen LogP) is 6.88. The van der Waals surface area contributed by atoms with Crippen molar-refractivity contribution >= 4 is 5.97 Å². The summed E-state index contributed by atoms with van der Waals surface area (Å²) in [5.41, 5.74) is 1.90. The van der Waals surface area contributed by atoms with Gasteiger partial charge in [-0.05, 0) is 106 Å². The molecule has 0 aromatic heterocycles. The highest BCUT2D eigenvalue weighted by molar-refractivity contribution is 5.70. The normalized spacial score (nSPS) is 30.2. The molecule has 1 aliphatic heterocycles. The van der Waals surface area contributed by atoms with Crippen LogP contribution in [0.15, 0.2) is 24.3 Å². The molecule has 0 bridgehead atoms. The molecule has 33 heavy (non-hydrogen) atoms. The number of nitrogens with zero attached hydrogens (tertiary/aromatic N) is 1. The van der Waals surface area contributed by atoms with Crippen LogP contribution in [0.2, 0.25) is 0 Å². The zero-order valence-corrected chi connectivity index (χ0v) is 21.1. The van der Waals surface area contributed by atoms with E-state index in [2.05, 4.69) is 49.9 Å². The van der Waals surface area contributed by atoms with Gasteiger partial charge < -0.3 is 14.7 Å². The Kier molecular flexibility index (Phi) is 8.04. The molecule has 4 rings (SSSR count). The highest BCUT2D eigenvalue weighted by Crippen LogP contribution is 2.41. The Labute approximate surface area is 201 Å². The van der Waals surface area contributed by atoms with Crippen LogP contribution < -0.4 is 4.74 Å². The topological polar surface area (TPSA) is 49.8 Å². The molecule has 0 amide bonds. The Morgan fingerprint density at radius 3 is 2.27 bits per heavy atom. The minimum absolute atomic E-state index is 0.138. The van der Waals surface area contributed by atoms with E-state index in [0.29, 0.717) is 23.5 Å². The summed E-state index contributed by atoms with van der Waals surface area (Å²) in [4.78, 5) is 13.8. The molecule has 1 aromatic rings. The number of ether oxygens (including phenoxy) is 1. The lowest BCUT2D eigenvalue weighted by atomic mass is 9.69. The second-order valence-corrected chi connectivity index (χ2v) is 11.7. The van der Waals surface area contributed by atoms with Gasteiger partial charge in [0.2, 0.25) is 0 Å². The minimum atomic E-state index is -0.615. The molecule has 0 spiro atoms. The van der Waals surface area contributed by atoms with Crippen molar-refractivity contribution in [1.82, 2.24) is 4.90 Å². The smallest absolute Gasteiger partial charge is 0.306 e. The van der Waals surface area contributed by atoms with Crippen molar-refractivity contribution in [2.45, 2.75) is 109 Å². The van der Waals surface area contributed by atoms with Crippen LogP contribution in [0.25, 0.3) is 0 Å². The third-order valence-corrected chi connectivity index (χ3v) is 9.39. The number of carbonyl (C=O) groups is 1. The van der Waals surface area contributed by atoms with Crippen molar-refractivity contribution in [2.75, 3.05) is 13.1 Å². The highest BCUT2D eigenvalue weighted by Gasteiger charge is 2.33. The third-order valence-electron chi connectivity index (χ3n) is 9.39. The van der Waals surface area contributed by atoms with Gasteiger partial charge in [0.05, 0.1) is 12.0 Å². The lowest BCUT2D eigenvalue weighted by molar-refractivity contribution is -0.143. The molecule has 0 radical (unpaired) electrons. The Bertz CT molecular complexity index is 758. The van der Waals surface area contributed by atoms with E-state index in [1.165, 1.54) is 63.4 Å². The van der Waals surface area contributed by atoms with E-state index in [4.69, 9.17) is 4.74 Å². The summed E-state index contributed by atoms with van der Waals surface area (Å²) in [6, 6.07) is 9.59. The molecular formula is C29H45NO3. The number of likely N-dealkylation sites (tertiary alicyclic amines) is 1. The van der Waals surface area contributed by atoms with Crippen LogP contribution in [0, 0.1) is 17.3 Å². The van der Waals surface area contributed by atoms with E-state index >= 15 is 0 Å². The molecule has 4 nitrogen and oxygen atoms in total. The van der Waals surface area contributed by atoms with Crippen molar-refractivity contribution in [3.05, 3.63) is 29.8 Å². The molecule has 1 heterocycles. The molecule has 184 valence electrons. The molecule has 2 aliphatic carbocycles. The number of rotatable bonds is 7. The maximum atomic E-state index is 11.3. The molecule has 4 heteroatoms. The van der Waals surface area contributed by atoms with Crippen LogP contribution in [0.3, 0.4) is 0 Å². The zero-order valence-electron chi connectivity index (χ0n) is 21.1. The fraction of sp³-hybridized carbons (Fsp3) is 0.759. The summed E-state index contributed by atoms with van der Waals surface area (Å²) >= 11 is 0. The summed E-state index contributed by atoms with van der Waals surface area (Å²) in [6.07, 6.45) is 13.2. The fourth-order valence-corrected chi connectivity index (χ4v) is 6.57. The number of carboxylic acids is 1. The summed E-state index contributed by atoms with van der Waals surface area (Å²) in [6.45, 7) is 9.05. The van der Waals surface area contributed by atoms with E-state index in [1.54, 1.807) is 0 Å². The summed E-state index contributed by atoms with van der Waals surface area (Å²) in [5, 5.41) is 9.28. The van der Waals surface area contributed by atoms with Gasteiger partial charge in [0.1, 0.15) is 5.75 Å². The lowest BCUT2D eigenvalue weighted by Crippen LogP contribution is -2.44. The monoisotopic (exact) mass is 455 g/mol. The van der Waals surface area contributed by atoms with Gasteiger partial charge in [0.25, 0.3) is 0 Å². The average molecular weight is 456 g/mol. The molecule has 2 unspecified atom stereocenters. The number of hydrogen-bond acceptors (Lipinski definition) is 3. The Balaban J connectivity index is 1.26. The van der Waals surface area contributed by atoms with Crippen molar-refractivity contribution in [3.8, 4) is 5.75 Å². The lowest BCUT2D eigenvalue weighted by Gasteiger charge is -2.41. The first-order valence-electron chi connectivity index (χ1n) is 13.6. The summed E-state index contributed by atoms with van der Waals surface area (Å²) in [5.74, 6) is 1.72. The number of piperidine rings is 1. The quantitative estimate of drug-likeness (QED) is 0.487. The van der Waals surface area contributed by atoms with Gasteiger partial charge in [-0.15, -0.1) is 0 Å². The van der Waals surface area contributed by atoms with Gasteiger partial charge in [-0.3, -0.25) is 4.79 Å². The average Bonchev–Trinajstić information content (AvgIpc) is 2.85. The van der Waals surface area contributed by atoms with Crippen molar-refractivity contribution in [1.29, 1.82) is 0 Å². The van der Waals surface area contributed by atoms with E-state index in [1.807, 2.05) is 0 Å². The van der Waals surface area contributed by atoms with Crippen molar-refractivity contribution < 1.29 is 14.6 Å². The third kappa shape index (κ3) is 6.12. The van der Waals surface area contributed by atoms with E-state index in [0.717, 1.165) is 37.6 Å². The van der Waals surface area contributed by atoms with E-state index in [9.17, 15) is 9.90 Å². The Morgan fingerprint density at radius 1 is 1.00 bits per heavy atom. The van der Waals surface area contributed by atoms with Gasteiger partial charge in [0, 0.05) is 6.04 Å². The second-order valence-electron chi connectivity index (χ2n) is 11.7. The van der Waals surface area contributed by atoms with Crippen molar-refractivity contribution in [2.24, 2.45) is 17.3 Å². The zero-order chi connectivity index (χ0) is 23.4. The van der Waals surface area contributed by atoms with Crippen LogP contribution in [-0.4, -0.2) is 41.2 Å². The van der Waals surface area contributed by atoms with Crippen LogP contribution in [0.4, 0.5) is 0 Å². The molecule has 2 atom stereocenters. The standard InChI is InChI=1S/C29H45NO3/c1-4-29(2,3)24-10-14-27(15-11-24)33-26-12-8-21(9-13-26)23-6-5-7-25(20-23)30-18-16-22(17-19-30)28(31)32/h8-9,12-13,22-25,27H,4-7,10-11,14-20H2,1-3H3,(H,31,32). The number of hydrogen-bond donors (Lipinski definition) is 1. The molecule has 1 N–H and O–H groups in total. The van der Waals surface area contributed by atoms with Crippen LogP contribution in [0.5, 0.6) is 5.75 Å². The Hall–Kier alpha value is -1.55. The maximum Gasteiger partial charge on any atom is 0.306 e. The molecule has 1 saturated heterocycles. The number of carboxylic acid groups (broad SMARTS) is 1. The van der Waals surface area contributed by atoms with E-state index in [-0.39, 0.29) is 5.92 Å². The van der Waals surface area contributed by atoms with Crippen LogP contribution in [-0.2, 0) is 4.79 Å². The Morgan fingerprint density at radius 2 is 1.67 bits per heavy atom. The van der Waals surface area contributed by atoms with Gasteiger partial charge >= 0.3 is 5.97 Å².